The molecule has 0 aromatic carbocycles. The third-order valence-corrected chi connectivity index (χ3v) is 4.14. The average molecular weight is 284 g/mol. The van der Waals surface area contributed by atoms with E-state index in [1.54, 1.807) is 0 Å². The molecular formula is C16H32N2O2. The Hall–Kier alpha value is -0.610. The molecule has 1 aliphatic rings. The summed E-state index contributed by atoms with van der Waals surface area (Å²) in [6, 6.07) is 0. The minimum atomic E-state index is -0.531. The summed E-state index contributed by atoms with van der Waals surface area (Å²) >= 11 is 0. The van der Waals surface area contributed by atoms with Gasteiger partial charge < -0.3 is 15.0 Å². The van der Waals surface area contributed by atoms with Crippen molar-refractivity contribution in [1.82, 2.24) is 10.2 Å². The standard InChI is InChI=1S/C16H32N2O2/c1-4-17-16(3,15(19)20-5-2)11-10-14-18-12-8-6-7-9-13-18/h17H,4-14H2,1-3H3. The molecule has 1 N–H and O–H groups in total. The Morgan fingerprint density at radius 3 is 2.40 bits per heavy atom. The number of ether oxygens (including phenoxy) is 1. The Balaban J connectivity index is 2.39. The maximum absolute atomic E-state index is 12.1. The first kappa shape index (κ1) is 17.4. The molecule has 1 aliphatic heterocycles. The van der Waals surface area contributed by atoms with Crippen LogP contribution in [0.25, 0.3) is 0 Å². The highest BCUT2D eigenvalue weighted by atomic mass is 16.5. The Kier molecular flexibility index (Phi) is 8.15. The van der Waals surface area contributed by atoms with Crippen molar-refractivity contribution >= 4 is 5.97 Å². The van der Waals surface area contributed by atoms with Crippen molar-refractivity contribution in [3.8, 4) is 0 Å². The summed E-state index contributed by atoms with van der Waals surface area (Å²) in [4.78, 5) is 14.6. The van der Waals surface area contributed by atoms with E-state index in [0.29, 0.717) is 6.61 Å². The number of likely N-dealkylation sites (N-methyl/N-ethyl adjacent to an activating group) is 1. The monoisotopic (exact) mass is 284 g/mol. The van der Waals surface area contributed by atoms with E-state index in [-0.39, 0.29) is 5.97 Å². The summed E-state index contributed by atoms with van der Waals surface area (Å²) in [5.41, 5.74) is -0.531. The van der Waals surface area contributed by atoms with Crippen LogP contribution in [-0.4, -0.2) is 49.2 Å². The fourth-order valence-corrected chi connectivity index (χ4v) is 2.96. The molecule has 0 aliphatic carbocycles. The molecule has 1 saturated heterocycles. The van der Waals surface area contributed by atoms with Crippen LogP contribution in [0.2, 0.25) is 0 Å². The molecule has 1 fully saturated rings. The molecule has 0 radical (unpaired) electrons. The van der Waals surface area contributed by atoms with E-state index in [9.17, 15) is 4.79 Å². The van der Waals surface area contributed by atoms with Gasteiger partial charge in [-0.15, -0.1) is 0 Å². The van der Waals surface area contributed by atoms with E-state index in [2.05, 4.69) is 10.2 Å². The van der Waals surface area contributed by atoms with Crippen molar-refractivity contribution in [3.05, 3.63) is 0 Å². The smallest absolute Gasteiger partial charge is 0.326 e. The highest BCUT2D eigenvalue weighted by Crippen LogP contribution is 2.17. The van der Waals surface area contributed by atoms with Crippen LogP contribution in [0, 0.1) is 0 Å². The molecule has 0 aromatic rings. The van der Waals surface area contributed by atoms with E-state index in [1.807, 2.05) is 20.8 Å². The Bertz CT molecular complexity index is 276. The molecule has 1 atom stereocenters. The second-order valence-electron chi connectivity index (χ2n) is 5.94. The van der Waals surface area contributed by atoms with E-state index in [4.69, 9.17) is 4.74 Å². The summed E-state index contributed by atoms with van der Waals surface area (Å²) in [5, 5.41) is 3.30. The summed E-state index contributed by atoms with van der Waals surface area (Å²) < 4.78 is 5.21. The molecule has 1 unspecified atom stereocenters. The molecule has 4 heteroatoms. The Labute approximate surface area is 124 Å². The number of hydrogen-bond donors (Lipinski definition) is 1. The topological polar surface area (TPSA) is 41.6 Å². The second-order valence-corrected chi connectivity index (χ2v) is 5.94. The van der Waals surface area contributed by atoms with Crippen LogP contribution in [0.1, 0.15) is 59.3 Å². The molecule has 4 nitrogen and oxygen atoms in total. The van der Waals surface area contributed by atoms with Gasteiger partial charge in [-0.2, -0.15) is 0 Å². The third kappa shape index (κ3) is 5.80. The quantitative estimate of drug-likeness (QED) is 0.696. The molecule has 0 bridgehead atoms. The lowest BCUT2D eigenvalue weighted by atomic mass is 9.95. The Morgan fingerprint density at radius 2 is 1.85 bits per heavy atom. The lowest BCUT2D eigenvalue weighted by Crippen LogP contribution is -2.50. The van der Waals surface area contributed by atoms with Crippen molar-refractivity contribution in [3.63, 3.8) is 0 Å². The van der Waals surface area contributed by atoms with Gasteiger partial charge in [-0.25, -0.2) is 0 Å². The zero-order chi connectivity index (χ0) is 14.8. The molecule has 118 valence electrons. The summed E-state index contributed by atoms with van der Waals surface area (Å²) in [5.74, 6) is -0.113. The molecule has 1 rings (SSSR count). The zero-order valence-corrected chi connectivity index (χ0v) is 13.5. The average Bonchev–Trinajstić information content (AvgIpc) is 2.68. The maximum atomic E-state index is 12.1. The predicted octanol–water partition coefficient (Wildman–Crippen LogP) is 2.57. The lowest BCUT2D eigenvalue weighted by Gasteiger charge is -2.29. The number of esters is 1. The van der Waals surface area contributed by atoms with Crippen LogP contribution >= 0.6 is 0 Å². The van der Waals surface area contributed by atoms with E-state index >= 15 is 0 Å². The van der Waals surface area contributed by atoms with Gasteiger partial charge in [-0.1, -0.05) is 19.8 Å². The number of nitrogens with zero attached hydrogens (tertiary/aromatic N) is 1. The minimum Gasteiger partial charge on any atom is -0.465 e. The number of rotatable bonds is 8. The fraction of sp³-hybridized carbons (Fsp3) is 0.938. The van der Waals surface area contributed by atoms with Crippen molar-refractivity contribution in [1.29, 1.82) is 0 Å². The molecule has 0 saturated carbocycles. The van der Waals surface area contributed by atoms with Crippen LogP contribution in [-0.2, 0) is 9.53 Å². The van der Waals surface area contributed by atoms with Gasteiger partial charge in [0.1, 0.15) is 5.54 Å². The number of carbonyl (C=O) groups is 1. The molecule has 0 spiro atoms. The van der Waals surface area contributed by atoms with Crippen LogP contribution in [0.4, 0.5) is 0 Å². The first-order valence-electron chi connectivity index (χ1n) is 8.27. The van der Waals surface area contributed by atoms with E-state index in [0.717, 1.165) is 25.9 Å². The minimum absolute atomic E-state index is 0.113. The van der Waals surface area contributed by atoms with Crippen molar-refractivity contribution < 1.29 is 9.53 Å². The van der Waals surface area contributed by atoms with Crippen LogP contribution in [0.15, 0.2) is 0 Å². The summed E-state index contributed by atoms with van der Waals surface area (Å²) in [6.07, 6.45) is 7.27. The van der Waals surface area contributed by atoms with Gasteiger partial charge in [0.25, 0.3) is 0 Å². The van der Waals surface area contributed by atoms with Gasteiger partial charge in [0.05, 0.1) is 6.61 Å². The van der Waals surface area contributed by atoms with Crippen molar-refractivity contribution in [2.75, 3.05) is 32.8 Å². The van der Waals surface area contributed by atoms with E-state index < -0.39 is 5.54 Å². The van der Waals surface area contributed by atoms with Gasteiger partial charge >= 0.3 is 5.97 Å². The van der Waals surface area contributed by atoms with Gasteiger partial charge in [0, 0.05) is 0 Å². The lowest BCUT2D eigenvalue weighted by molar-refractivity contribution is -0.150. The number of carbonyl (C=O) groups excluding carboxylic acids is 1. The van der Waals surface area contributed by atoms with Crippen LogP contribution < -0.4 is 5.32 Å². The maximum Gasteiger partial charge on any atom is 0.326 e. The van der Waals surface area contributed by atoms with Crippen LogP contribution in [0.3, 0.4) is 0 Å². The number of nitrogens with one attached hydrogen (secondary N) is 1. The third-order valence-electron chi connectivity index (χ3n) is 4.14. The van der Waals surface area contributed by atoms with Crippen molar-refractivity contribution in [2.24, 2.45) is 0 Å². The van der Waals surface area contributed by atoms with Crippen molar-refractivity contribution in [2.45, 2.75) is 64.8 Å². The first-order valence-corrected chi connectivity index (χ1v) is 8.27. The molecule has 0 amide bonds. The van der Waals surface area contributed by atoms with Crippen LogP contribution in [0.5, 0.6) is 0 Å². The largest absolute Gasteiger partial charge is 0.465 e. The molecular weight excluding hydrogens is 252 g/mol. The second kappa shape index (κ2) is 9.35. The summed E-state index contributed by atoms with van der Waals surface area (Å²) in [6.45, 7) is 10.6. The molecule has 20 heavy (non-hydrogen) atoms. The van der Waals surface area contributed by atoms with E-state index in [1.165, 1.54) is 38.8 Å². The fourth-order valence-electron chi connectivity index (χ4n) is 2.96. The van der Waals surface area contributed by atoms with Gasteiger partial charge in [0.2, 0.25) is 0 Å². The molecule has 0 aromatic heterocycles. The van der Waals surface area contributed by atoms with Gasteiger partial charge in [-0.05, 0) is 65.7 Å². The summed E-state index contributed by atoms with van der Waals surface area (Å²) in [7, 11) is 0. The predicted molar refractivity (Wildman–Crippen MR) is 82.9 cm³/mol. The molecule has 1 heterocycles. The zero-order valence-electron chi connectivity index (χ0n) is 13.5. The number of likely N-dealkylation sites (tertiary alicyclic amines) is 1. The highest BCUT2D eigenvalue weighted by molar-refractivity contribution is 5.80. The highest BCUT2D eigenvalue weighted by Gasteiger charge is 2.33. The number of hydrogen-bond acceptors (Lipinski definition) is 4. The van der Waals surface area contributed by atoms with Gasteiger partial charge in [-0.3, -0.25) is 4.79 Å². The Morgan fingerprint density at radius 1 is 1.20 bits per heavy atom. The first-order chi connectivity index (χ1) is 9.62. The SMILES string of the molecule is CCNC(C)(CCCN1CCCCCC1)C(=O)OCC. The van der Waals surface area contributed by atoms with Gasteiger partial charge in [0.15, 0.2) is 0 Å². The normalized spacial score (nSPS) is 20.1.